The lowest BCUT2D eigenvalue weighted by atomic mass is 10.1. The molecule has 0 aromatic heterocycles. The maximum absolute atomic E-state index is 13.9. The fourth-order valence-electron chi connectivity index (χ4n) is 3.88. The Labute approximate surface area is 240 Å². The van der Waals surface area contributed by atoms with Gasteiger partial charge in [-0.1, -0.05) is 54.4 Å². The Morgan fingerprint density at radius 1 is 0.923 bits per heavy atom. The molecule has 0 heterocycles. The van der Waals surface area contributed by atoms with Crippen LogP contribution in [0.15, 0.2) is 77.7 Å². The number of rotatable bonds is 11. The molecular formula is C29H33Cl2N3O4S. The highest BCUT2D eigenvalue weighted by Gasteiger charge is 2.32. The summed E-state index contributed by atoms with van der Waals surface area (Å²) in [5.41, 5.74) is 1.91. The molecule has 0 spiro atoms. The monoisotopic (exact) mass is 589 g/mol. The molecular weight excluding hydrogens is 557 g/mol. The van der Waals surface area contributed by atoms with Gasteiger partial charge in [0.2, 0.25) is 11.8 Å². The van der Waals surface area contributed by atoms with Gasteiger partial charge in [0.25, 0.3) is 10.0 Å². The summed E-state index contributed by atoms with van der Waals surface area (Å²) in [6.07, 6.45) is 0.726. The smallest absolute Gasteiger partial charge is 0.264 e. The van der Waals surface area contributed by atoms with Crippen molar-refractivity contribution in [3.05, 3.63) is 94.0 Å². The van der Waals surface area contributed by atoms with Crippen LogP contribution < -0.4 is 9.62 Å². The Hall–Kier alpha value is -3.07. The van der Waals surface area contributed by atoms with Crippen LogP contribution in [0.4, 0.5) is 5.69 Å². The fraction of sp³-hybridized carbons (Fsp3) is 0.310. The van der Waals surface area contributed by atoms with Crippen LogP contribution in [0.3, 0.4) is 0 Å². The van der Waals surface area contributed by atoms with Crippen molar-refractivity contribution in [3.8, 4) is 0 Å². The summed E-state index contributed by atoms with van der Waals surface area (Å²) in [6.45, 7) is 6.89. The van der Waals surface area contributed by atoms with Crippen molar-refractivity contribution >= 4 is 50.7 Å². The minimum atomic E-state index is -4.15. The first-order chi connectivity index (χ1) is 18.4. The molecule has 7 nitrogen and oxygen atoms in total. The average molecular weight is 591 g/mol. The zero-order chi connectivity index (χ0) is 28.7. The maximum Gasteiger partial charge on any atom is 0.264 e. The number of carbonyl (C=O) groups is 2. The van der Waals surface area contributed by atoms with Crippen LogP contribution in [0, 0.1) is 6.92 Å². The molecule has 39 heavy (non-hydrogen) atoms. The Kier molecular flexibility index (Phi) is 10.4. The third-order valence-electron chi connectivity index (χ3n) is 6.40. The molecule has 2 amide bonds. The van der Waals surface area contributed by atoms with Crippen LogP contribution in [0.25, 0.3) is 0 Å². The molecule has 10 heteroatoms. The van der Waals surface area contributed by atoms with Crippen molar-refractivity contribution in [3.63, 3.8) is 0 Å². The Morgan fingerprint density at radius 2 is 1.51 bits per heavy atom. The van der Waals surface area contributed by atoms with Crippen LogP contribution >= 0.6 is 23.2 Å². The van der Waals surface area contributed by atoms with E-state index in [1.807, 2.05) is 26.8 Å². The molecule has 3 rings (SSSR count). The van der Waals surface area contributed by atoms with E-state index in [1.165, 1.54) is 29.2 Å². The van der Waals surface area contributed by atoms with E-state index >= 15 is 0 Å². The summed E-state index contributed by atoms with van der Waals surface area (Å²) in [7, 11) is -4.15. The molecule has 2 atom stereocenters. The molecule has 0 aliphatic rings. The van der Waals surface area contributed by atoms with Gasteiger partial charge in [-0.15, -0.1) is 0 Å². The van der Waals surface area contributed by atoms with E-state index < -0.39 is 28.5 Å². The molecule has 0 aliphatic carbocycles. The van der Waals surface area contributed by atoms with E-state index in [2.05, 4.69) is 5.32 Å². The standard InChI is InChI=1S/C29H33Cl2N3O4S/c1-5-21(3)32-29(36)22(4)33(18-23-9-11-24(30)12-10-23)28(35)19-34(26-8-6-7-20(2)17-26)39(37,38)27-15-13-25(31)14-16-27/h6-17,21-22H,5,18-19H2,1-4H3,(H,32,36). The van der Waals surface area contributed by atoms with E-state index in [0.717, 1.165) is 21.9 Å². The lowest BCUT2D eigenvalue weighted by Crippen LogP contribution is -2.52. The number of aryl methyl sites for hydroxylation is 1. The number of hydrogen-bond acceptors (Lipinski definition) is 4. The highest BCUT2D eigenvalue weighted by atomic mass is 35.5. The van der Waals surface area contributed by atoms with Crippen LogP contribution in [-0.2, 0) is 26.2 Å². The van der Waals surface area contributed by atoms with Crippen molar-refractivity contribution in [1.29, 1.82) is 0 Å². The average Bonchev–Trinajstić information content (AvgIpc) is 2.90. The molecule has 0 bridgehead atoms. The number of amides is 2. The minimum absolute atomic E-state index is 0.00646. The first-order valence-corrected chi connectivity index (χ1v) is 14.8. The molecule has 3 aromatic carbocycles. The molecule has 1 N–H and O–H groups in total. The highest BCUT2D eigenvalue weighted by molar-refractivity contribution is 7.92. The fourth-order valence-corrected chi connectivity index (χ4v) is 5.54. The van der Waals surface area contributed by atoms with Crippen LogP contribution in [0.2, 0.25) is 10.0 Å². The predicted molar refractivity (Wildman–Crippen MR) is 157 cm³/mol. The number of hydrogen-bond donors (Lipinski definition) is 1. The van der Waals surface area contributed by atoms with E-state index in [1.54, 1.807) is 49.4 Å². The third kappa shape index (κ3) is 7.97. The second-order valence-electron chi connectivity index (χ2n) is 9.45. The Balaban J connectivity index is 2.02. The molecule has 0 aliphatic heterocycles. The summed E-state index contributed by atoms with van der Waals surface area (Å²) >= 11 is 12.0. The Bertz CT molecular complexity index is 1400. The van der Waals surface area contributed by atoms with Gasteiger partial charge in [0.1, 0.15) is 12.6 Å². The van der Waals surface area contributed by atoms with Crippen molar-refractivity contribution in [2.45, 2.75) is 57.6 Å². The summed E-state index contributed by atoms with van der Waals surface area (Å²) in [5, 5.41) is 3.85. The zero-order valence-corrected chi connectivity index (χ0v) is 24.7. The van der Waals surface area contributed by atoms with E-state index in [-0.39, 0.29) is 23.4 Å². The number of halogens is 2. The lowest BCUT2D eigenvalue weighted by Gasteiger charge is -2.32. The highest BCUT2D eigenvalue weighted by Crippen LogP contribution is 2.26. The summed E-state index contributed by atoms with van der Waals surface area (Å²) in [4.78, 5) is 28.4. The van der Waals surface area contributed by atoms with Gasteiger partial charge in [-0.2, -0.15) is 0 Å². The van der Waals surface area contributed by atoms with E-state index in [4.69, 9.17) is 23.2 Å². The van der Waals surface area contributed by atoms with Gasteiger partial charge in [0.05, 0.1) is 10.6 Å². The Morgan fingerprint density at radius 3 is 2.08 bits per heavy atom. The number of nitrogens with one attached hydrogen (secondary N) is 1. The summed E-state index contributed by atoms with van der Waals surface area (Å²) in [6, 6.07) is 18.7. The molecule has 3 aromatic rings. The zero-order valence-electron chi connectivity index (χ0n) is 22.4. The van der Waals surface area contributed by atoms with Gasteiger partial charge >= 0.3 is 0 Å². The van der Waals surface area contributed by atoms with E-state index in [9.17, 15) is 18.0 Å². The topological polar surface area (TPSA) is 86.8 Å². The maximum atomic E-state index is 13.9. The van der Waals surface area contributed by atoms with Gasteiger partial charge in [-0.3, -0.25) is 13.9 Å². The molecule has 0 radical (unpaired) electrons. The minimum Gasteiger partial charge on any atom is -0.352 e. The van der Waals surface area contributed by atoms with Gasteiger partial charge in [0, 0.05) is 22.6 Å². The molecule has 208 valence electrons. The molecule has 0 saturated carbocycles. The summed E-state index contributed by atoms with van der Waals surface area (Å²) in [5.74, 6) is -0.856. The normalized spacial score (nSPS) is 12.9. The number of nitrogens with zero attached hydrogens (tertiary/aromatic N) is 2. The van der Waals surface area contributed by atoms with Gasteiger partial charge in [0.15, 0.2) is 0 Å². The van der Waals surface area contributed by atoms with Crippen LogP contribution in [0.5, 0.6) is 0 Å². The number of benzene rings is 3. The second-order valence-corrected chi connectivity index (χ2v) is 12.2. The number of sulfonamides is 1. The molecule has 0 saturated heterocycles. The first-order valence-electron chi connectivity index (χ1n) is 12.6. The van der Waals surface area contributed by atoms with Crippen molar-refractivity contribution in [2.75, 3.05) is 10.8 Å². The first kappa shape index (κ1) is 30.5. The second kappa shape index (κ2) is 13.3. The van der Waals surface area contributed by atoms with Gasteiger partial charge < -0.3 is 10.2 Å². The van der Waals surface area contributed by atoms with Crippen molar-refractivity contribution in [1.82, 2.24) is 10.2 Å². The number of anilines is 1. The SMILES string of the molecule is CCC(C)NC(=O)C(C)N(Cc1ccc(Cl)cc1)C(=O)CN(c1cccc(C)c1)S(=O)(=O)c1ccc(Cl)cc1. The van der Waals surface area contributed by atoms with Gasteiger partial charge in [-0.25, -0.2) is 8.42 Å². The molecule has 2 unspecified atom stereocenters. The van der Waals surface area contributed by atoms with Crippen molar-refractivity contribution in [2.24, 2.45) is 0 Å². The lowest BCUT2D eigenvalue weighted by molar-refractivity contribution is -0.139. The summed E-state index contributed by atoms with van der Waals surface area (Å²) < 4.78 is 28.7. The van der Waals surface area contributed by atoms with E-state index in [0.29, 0.717) is 15.7 Å². The molecule has 0 fully saturated rings. The number of carbonyl (C=O) groups excluding carboxylic acids is 2. The predicted octanol–water partition coefficient (Wildman–Crippen LogP) is 5.83. The quantitative estimate of drug-likeness (QED) is 0.305. The largest absolute Gasteiger partial charge is 0.352 e. The van der Waals surface area contributed by atoms with Gasteiger partial charge in [-0.05, 0) is 86.8 Å². The van der Waals surface area contributed by atoms with Crippen LogP contribution in [0.1, 0.15) is 38.3 Å². The van der Waals surface area contributed by atoms with Crippen LogP contribution in [-0.4, -0.2) is 43.8 Å². The third-order valence-corrected chi connectivity index (χ3v) is 8.70. The van der Waals surface area contributed by atoms with Crippen molar-refractivity contribution < 1.29 is 18.0 Å².